The molecule has 0 aliphatic rings. The van der Waals surface area contributed by atoms with Gasteiger partial charge in [-0.25, -0.2) is 0 Å². The molecule has 0 saturated heterocycles. The molecule has 0 saturated carbocycles. The first-order valence-corrected chi connectivity index (χ1v) is 7.47. The first-order chi connectivity index (χ1) is 11.1. The molecule has 2 rings (SSSR count). The van der Waals surface area contributed by atoms with Gasteiger partial charge in [-0.15, -0.1) is 0 Å². The van der Waals surface area contributed by atoms with Crippen molar-refractivity contribution in [2.24, 2.45) is 0 Å². The summed E-state index contributed by atoms with van der Waals surface area (Å²) < 4.78 is 5.25. The zero-order chi connectivity index (χ0) is 16.7. The monoisotopic (exact) mass is 315 g/mol. The van der Waals surface area contributed by atoms with Gasteiger partial charge in [0, 0.05) is 17.8 Å². The Morgan fingerprint density at radius 2 is 2.04 bits per heavy atom. The summed E-state index contributed by atoms with van der Waals surface area (Å²) in [5.41, 5.74) is 1.12. The highest BCUT2D eigenvalue weighted by atomic mass is 16.3. The van der Waals surface area contributed by atoms with Crippen LogP contribution in [-0.4, -0.2) is 36.9 Å². The van der Waals surface area contributed by atoms with E-state index in [1.54, 1.807) is 30.5 Å². The second-order valence-electron chi connectivity index (χ2n) is 5.24. The minimum Gasteiger partial charge on any atom is -0.468 e. The predicted molar refractivity (Wildman–Crippen MR) is 88.1 cm³/mol. The third kappa shape index (κ3) is 5.27. The van der Waals surface area contributed by atoms with Crippen molar-refractivity contribution in [2.75, 3.05) is 25.5 Å². The van der Waals surface area contributed by atoms with Gasteiger partial charge in [-0.1, -0.05) is 6.07 Å². The van der Waals surface area contributed by atoms with Gasteiger partial charge in [-0.2, -0.15) is 0 Å². The molecule has 0 aliphatic carbocycles. The van der Waals surface area contributed by atoms with Gasteiger partial charge in [0.2, 0.25) is 5.91 Å². The zero-order valence-corrected chi connectivity index (χ0v) is 13.3. The Morgan fingerprint density at radius 3 is 2.74 bits per heavy atom. The molecule has 2 N–H and O–H groups in total. The third-order valence-electron chi connectivity index (χ3n) is 3.17. The Morgan fingerprint density at radius 1 is 1.22 bits per heavy atom. The highest BCUT2D eigenvalue weighted by Crippen LogP contribution is 2.11. The van der Waals surface area contributed by atoms with Gasteiger partial charge in [0.05, 0.1) is 19.4 Å². The van der Waals surface area contributed by atoms with Gasteiger partial charge < -0.3 is 15.1 Å². The van der Waals surface area contributed by atoms with E-state index in [2.05, 4.69) is 10.6 Å². The van der Waals surface area contributed by atoms with E-state index in [0.717, 1.165) is 5.76 Å². The summed E-state index contributed by atoms with van der Waals surface area (Å²) in [4.78, 5) is 25.7. The number of furan rings is 1. The van der Waals surface area contributed by atoms with E-state index in [-0.39, 0.29) is 18.4 Å². The van der Waals surface area contributed by atoms with Gasteiger partial charge >= 0.3 is 0 Å². The minimum atomic E-state index is -0.154. The Labute approximate surface area is 135 Å². The molecule has 1 heterocycles. The van der Waals surface area contributed by atoms with Crippen LogP contribution >= 0.6 is 0 Å². The van der Waals surface area contributed by atoms with Crippen LogP contribution < -0.4 is 10.6 Å². The zero-order valence-electron chi connectivity index (χ0n) is 13.3. The van der Waals surface area contributed by atoms with Crippen molar-refractivity contribution in [2.45, 2.75) is 13.5 Å². The quantitative estimate of drug-likeness (QED) is 0.820. The molecule has 6 heteroatoms. The molecule has 0 bridgehead atoms. The van der Waals surface area contributed by atoms with Crippen molar-refractivity contribution in [3.63, 3.8) is 0 Å². The predicted octanol–water partition coefficient (Wildman–Crippen LogP) is 2.10. The van der Waals surface area contributed by atoms with Crippen LogP contribution in [0.3, 0.4) is 0 Å². The highest BCUT2D eigenvalue weighted by molar-refractivity contribution is 5.97. The first kappa shape index (κ1) is 16.8. The van der Waals surface area contributed by atoms with Crippen molar-refractivity contribution in [1.82, 2.24) is 10.2 Å². The van der Waals surface area contributed by atoms with Crippen molar-refractivity contribution in [3.05, 3.63) is 54.0 Å². The maximum absolute atomic E-state index is 12.1. The molecule has 0 spiro atoms. The summed E-state index contributed by atoms with van der Waals surface area (Å²) in [6, 6.07) is 10.6. The Balaban J connectivity index is 1.89. The number of likely N-dealkylation sites (N-methyl/N-ethyl adjacent to an activating group) is 1. The number of nitrogens with zero attached hydrogens (tertiary/aromatic N) is 1. The van der Waals surface area contributed by atoms with E-state index in [9.17, 15) is 9.59 Å². The number of hydrogen-bond acceptors (Lipinski definition) is 4. The molecular formula is C17H21N3O3. The summed E-state index contributed by atoms with van der Waals surface area (Å²) >= 11 is 0. The van der Waals surface area contributed by atoms with E-state index in [0.29, 0.717) is 24.3 Å². The third-order valence-corrected chi connectivity index (χ3v) is 3.17. The average Bonchev–Trinajstić information content (AvgIpc) is 3.00. The van der Waals surface area contributed by atoms with E-state index in [1.807, 2.05) is 31.0 Å². The van der Waals surface area contributed by atoms with Crippen LogP contribution in [0.4, 0.5) is 5.69 Å². The van der Waals surface area contributed by atoms with Crippen LogP contribution in [0.25, 0.3) is 0 Å². The molecule has 6 nitrogen and oxygen atoms in total. The molecule has 23 heavy (non-hydrogen) atoms. The number of amides is 2. The molecule has 0 unspecified atom stereocenters. The number of carbonyl (C=O) groups excluding carboxylic acids is 2. The number of rotatable bonds is 7. The maximum atomic E-state index is 12.1. The van der Waals surface area contributed by atoms with Crippen molar-refractivity contribution >= 4 is 17.5 Å². The molecule has 1 aromatic carbocycles. The van der Waals surface area contributed by atoms with Crippen molar-refractivity contribution in [3.8, 4) is 0 Å². The topological polar surface area (TPSA) is 74.6 Å². The standard InChI is InChI=1S/C17H21N3O3/c1-3-18-17(22)13-6-4-7-14(10-13)19-16(21)12-20(2)11-15-8-5-9-23-15/h4-10H,3,11-12H2,1-2H3,(H,18,22)(H,19,21). The molecule has 0 radical (unpaired) electrons. The number of benzene rings is 1. The molecule has 0 atom stereocenters. The Hall–Kier alpha value is -2.60. The Kier molecular flexibility index (Phi) is 5.94. The first-order valence-electron chi connectivity index (χ1n) is 7.47. The van der Waals surface area contributed by atoms with Gasteiger partial charge in [-0.05, 0) is 44.3 Å². The number of carbonyl (C=O) groups is 2. The van der Waals surface area contributed by atoms with Crippen molar-refractivity contribution < 1.29 is 14.0 Å². The fraction of sp³-hybridized carbons (Fsp3) is 0.294. The molecule has 122 valence electrons. The van der Waals surface area contributed by atoms with E-state index in [4.69, 9.17) is 4.42 Å². The minimum absolute atomic E-state index is 0.146. The van der Waals surface area contributed by atoms with Crippen LogP contribution in [0.1, 0.15) is 23.0 Å². The molecular weight excluding hydrogens is 294 g/mol. The Bertz CT molecular complexity index is 653. The van der Waals surface area contributed by atoms with Gasteiger partial charge in [0.1, 0.15) is 5.76 Å². The molecule has 1 aromatic heterocycles. The van der Waals surface area contributed by atoms with Crippen LogP contribution in [0.2, 0.25) is 0 Å². The lowest BCUT2D eigenvalue weighted by Crippen LogP contribution is -2.29. The van der Waals surface area contributed by atoms with Gasteiger partial charge in [0.15, 0.2) is 0 Å². The van der Waals surface area contributed by atoms with Crippen LogP contribution in [0, 0.1) is 0 Å². The summed E-state index contributed by atoms with van der Waals surface area (Å²) in [5.74, 6) is 0.504. The summed E-state index contributed by atoms with van der Waals surface area (Å²) in [7, 11) is 1.84. The fourth-order valence-electron chi connectivity index (χ4n) is 2.17. The molecule has 0 aliphatic heterocycles. The lowest BCUT2D eigenvalue weighted by atomic mass is 10.2. The van der Waals surface area contributed by atoms with Crippen LogP contribution in [0.15, 0.2) is 47.1 Å². The lowest BCUT2D eigenvalue weighted by molar-refractivity contribution is -0.117. The second kappa shape index (κ2) is 8.14. The summed E-state index contributed by atoms with van der Waals surface area (Å²) in [6.07, 6.45) is 1.61. The SMILES string of the molecule is CCNC(=O)c1cccc(NC(=O)CN(C)Cc2ccco2)c1. The van der Waals surface area contributed by atoms with E-state index < -0.39 is 0 Å². The molecule has 0 fully saturated rings. The van der Waals surface area contributed by atoms with Crippen LogP contribution in [0.5, 0.6) is 0 Å². The average molecular weight is 315 g/mol. The summed E-state index contributed by atoms with van der Waals surface area (Å²) in [6.45, 7) is 3.21. The fourth-order valence-corrected chi connectivity index (χ4v) is 2.17. The molecule has 2 aromatic rings. The largest absolute Gasteiger partial charge is 0.468 e. The second-order valence-corrected chi connectivity index (χ2v) is 5.24. The normalized spacial score (nSPS) is 10.6. The number of hydrogen-bond donors (Lipinski definition) is 2. The number of nitrogens with one attached hydrogen (secondary N) is 2. The molecule has 2 amide bonds. The maximum Gasteiger partial charge on any atom is 0.251 e. The smallest absolute Gasteiger partial charge is 0.251 e. The van der Waals surface area contributed by atoms with Crippen LogP contribution in [-0.2, 0) is 11.3 Å². The van der Waals surface area contributed by atoms with E-state index in [1.165, 1.54) is 0 Å². The highest BCUT2D eigenvalue weighted by Gasteiger charge is 2.10. The van der Waals surface area contributed by atoms with Crippen molar-refractivity contribution in [1.29, 1.82) is 0 Å². The van der Waals surface area contributed by atoms with Gasteiger partial charge in [0.25, 0.3) is 5.91 Å². The van der Waals surface area contributed by atoms with Gasteiger partial charge in [-0.3, -0.25) is 14.5 Å². The van der Waals surface area contributed by atoms with E-state index >= 15 is 0 Å². The summed E-state index contributed by atoms with van der Waals surface area (Å²) in [5, 5.41) is 5.53. The lowest BCUT2D eigenvalue weighted by Gasteiger charge is -2.15. The number of anilines is 1.